The smallest absolute Gasteiger partial charge is 0.336 e. The standard InChI is InChI=1S/C27H29F2NO3/c1-6-11-33-26(32)25-17(2)30(16-18-12-21(28)14-22(29)13-18)24(31)15-23(25)19-7-9-20(10-8-19)27(3,4)5/h6-10,12-14,23H,1,11,15-16H2,2-5H3/t23-/m0/s1. The van der Waals surface area contributed by atoms with Gasteiger partial charge in [0.15, 0.2) is 0 Å². The van der Waals surface area contributed by atoms with Gasteiger partial charge in [0.25, 0.3) is 0 Å². The lowest BCUT2D eigenvalue weighted by molar-refractivity contribution is -0.139. The molecular weight excluding hydrogens is 424 g/mol. The summed E-state index contributed by atoms with van der Waals surface area (Å²) in [6.45, 7) is 11.6. The van der Waals surface area contributed by atoms with Crippen molar-refractivity contribution in [1.29, 1.82) is 0 Å². The maximum absolute atomic E-state index is 13.7. The predicted molar refractivity (Wildman–Crippen MR) is 123 cm³/mol. The molecule has 1 atom stereocenters. The molecule has 33 heavy (non-hydrogen) atoms. The molecule has 0 saturated carbocycles. The number of carbonyl (C=O) groups excluding carboxylic acids is 2. The van der Waals surface area contributed by atoms with Gasteiger partial charge in [-0.15, -0.1) is 0 Å². The van der Waals surface area contributed by atoms with E-state index in [1.54, 1.807) is 6.92 Å². The molecule has 0 aromatic heterocycles. The summed E-state index contributed by atoms with van der Waals surface area (Å²) in [4.78, 5) is 27.5. The fraction of sp³-hybridized carbons (Fsp3) is 0.333. The SMILES string of the molecule is C=CCOC(=O)C1=C(C)N(Cc2cc(F)cc(F)c2)C(=O)C[C@H]1c1ccc(C(C)(C)C)cc1. The maximum Gasteiger partial charge on any atom is 0.336 e. The monoisotopic (exact) mass is 453 g/mol. The summed E-state index contributed by atoms with van der Waals surface area (Å²) < 4.78 is 32.7. The number of rotatable bonds is 6. The molecule has 4 nitrogen and oxygen atoms in total. The molecule has 0 aliphatic carbocycles. The van der Waals surface area contributed by atoms with Crippen LogP contribution in [0.1, 0.15) is 56.7 Å². The van der Waals surface area contributed by atoms with Crippen LogP contribution in [0.25, 0.3) is 0 Å². The van der Waals surface area contributed by atoms with Crippen molar-refractivity contribution in [2.45, 2.75) is 52.0 Å². The van der Waals surface area contributed by atoms with Gasteiger partial charge in [0.05, 0.1) is 12.1 Å². The van der Waals surface area contributed by atoms with E-state index in [1.165, 1.54) is 23.1 Å². The second-order valence-electron chi connectivity index (χ2n) is 9.27. The van der Waals surface area contributed by atoms with E-state index in [2.05, 4.69) is 27.4 Å². The van der Waals surface area contributed by atoms with Crippen molar-refractivity contribution in [1.82, 2.24) is 4.90 Å². The third-order valence-electron chi connectivity index (χ3n) is 5.82. The second-order valence-corrected chi connectivity index (χ2v) is 9.27. The fourth-order valence-corrected chi connectivity index (χ4v) is 4.07. The Labute approximate surface area is 193 Å². The third-order valence-corrected chi connectivity index (χ3v) is 5.82. The van der Waals surface area contributed by atoms with Gasteiger partial charge in [-0.3, -0.25) is 4.79 Å². The molecule has 6 heteroatoms. The van der Waals surface area contributed by atoms with Gasteiger partial charge in [-0.2, -0.15) is 0 Å². The van der Waals surface area contributed by atoms with Crippen molar-refractivity contribution in [3.8, 4) is 0 Å². The fourth-order valence-electron chi connectivity index (χ4n) is 4.07. The molecule has 2 aromatic carbocycles. The van der Waals surface area contributed by atoms with E-state index in [-0.39, 0.29) is 30.9 Å². The van der Waals surface area contributed by atoms with Gasteiger partial charge in [0.2, 0.25) is 5.91 Å². The second kappa shape index (κ2) is 9.69. The molecule has 0 bridgehead atoms. The third kappa shape index (κ3) is 5.56. The van der Waals surface area contributed by atoms with E-state index in [0.717, 1.165) is 17.2 Å². The first-order chi connectivity index (χ1) is 15.5. The van der Waals surface area contributed by atoms with Crippen LogP contribution >= 0.6 is 0 Å². The summed E-state index contributed by atoms with van der Waals surface area (Å²) in [5.41, 5.74) is 3.01. The van der Waals surface area contributed by atoms with E-state index in [4.69, 9.17) is 4.74 Å². The highest BCUT2D eigenvalue weighted by Crippen LogP contribution is 2.38. The first-order valence-corrected chi connectivity index (χ1v) is 10.9. The Balaban J connectivity index is 2.03. The number of amides is 1. The van der Waals surface area contributed by atoms with Crippen LogP contribution in [0.15, 0.2) is 66.4 Å². The summed E-state index contributed by atoms with van der Waals surface area (Å²) in [5.74, 6) is -2.70. The van der Waals surface area contributed by atoms with Gasteiger partial charge in [-0.25, -0.2) is 13.6 Å². The minimum Gasteiger partial charge on any atom is -0.458 e. The quantitative estimate of drug-likeness (QED) is 0.411. The zero-order chi connectivity index (χ0) is 24.3. The molecule has 0 unspecified atom stereocenters. The number of allylic oxidation sites excluding steroid dienone is 1. The number of carbonyl (C=O) groups is 2. The van der Waals surface area contributed by atoms with E-state index < -0.39 is 23.5 Å². The Morgan fingerprint density at radius 3 is 2.30 bits per heavy atom. The largest absolute Gasteiger partial charge is 0.458 e. The Bertz CT molecular complexity index is 1080. The molecule has 3 rings (SSSR count). The summed E-state index contributed by atoms with van der Waals surface area (Å²) in [6.07, 6.45) is 1.52. The topological polar surface area (TPSA) is 46.6 Å². The van der Waals surface area contributed by atoms with Crippen LogP contribution in [0.3, 0.4) is 0 Å². The average Bonchev–Trinajstić information content (AvgIpc) is 2.73. The van der Waals surface area contributed by atoms with Crippen molar-refractivity contribution in [2.75, 3.05) is 6.61 Å². The number of nitrogens with zero attached hydrogens (tertiary/aromatic N) is 1. The molecule has 0 spiro atoms. The molecule has 2 aromatic rings. The zero-order valence-electron chi connectivity index (χ0n) is 19.5. The highest BCUT2D eigenvalue weighted by molar-refractivity contribution is 5.95. The van der Waals surface area contributed by atoms with Crippen molar-refractivity contribution in [2.24, 2.45) is 0 Å². The lowest BCUT2D eigenvalue weighted by atomic mass is 9.81. The number of hydrogen-bond acceptors (Lipinski definition) is 3. The van der Waals surface area contributed by atoms with Gasteiger partial charge < -0.3 is 9.64 Å². The van der Waals surface area contributed by atoms with E-state index >= 15 is 0 Å². The zero-order valence-corrected chi connectivity index (χ0v) is 19.5. The number of benzene rings is 2. The number of ether oxygens (including phenoxy) is 1. The van der Waals surface area contributed by atoms with Gasteiger partial charge in [-0.1, -0.05) is 57.7 Å². The molecule has 1 aliphatic heterocycles. The van der Waals surface area contributed by atoms with Crippen LogP contribution in [-0.4, -0.2) is 23.4 Å². The Hall–Kier alpha value is -3.28. The minimum atomic E-state index is -0.724. The van der Waals surface area contributed by atoms with Crippen LogP contribution in [0.5, 0.6) is 0 Å². The molecular formula is C27H29F2NO3. The number of halogens is 2. The van der Waals surface area contributed by atoms with Gasteiger partial charge >= 0.3 is 5.97 Å². The van der Waals surface area contributed by atoms with Crippen LogP contribution < -0.4 is 0 Å². The van der Waals surface area contributed by atoms with E-state index in [0.29, 0.717) is 16.8 Å². The minimum absolute atomic E-state index is 0.0323. The predicted octanol–water partition coefficient (Wildman–Crippen LogP) is 5.78. The highest BCUT2D eigenvalue weighted by atomic mass is 19.1. The van der Waals surface area contributed by atoms with E-state index in [9.17, 15) is 18.4 Å². The molecule has 0 radical (unpaired) electrons. The van der Waals surface area contributed by atoms with Crippen LogP contribution in [0.4, 0.5) is 8.78 Å². The molecule has 174 valence electrons. The number of esters is 1. The van der Waals surface area contributed by atoms with Crippen LogP contribution in [-0.2, 0) is 26.3 Å². The summed E-state index contributed by atoms with van der Waals surface area (Å²) >= 11 is 0. The summed E-state index contributed by atoms with van der Waals surface area (Å²) in [6, 6.07) is 11.0. The molecule has 0 saturated heterocycles. The molecule has 1 amide bonds. The average molecular weight is 454 g/mol. The first kappa shape index (κ1) is 24.4. The molecule has 1 aliphatic rings. The molecule has 1 heterocycles. The van der Waals surface area contributed by atoms with Crippen LogP contribution in [0, 0.1) is 11.6 Å². The van der Waals surface area contributed by atoms with Gasteiger partial charge in [0.1, 0.15) is 18.2 Å². The lowest BCUT2D eigenvalue weighted by Gasteiger charge is -2.34. The van der Waals surface area contributed by atoms with Crippen molar-refractivity contribution < 1.29 is 23.1 Å². The van der Waals surface area contributed by atoms with Crippen LogP contribution in [0.2, 0.25) is 0 Å². The van der Waals surface area contributed by atoms with Crippen molar-refractivity contribution in [3.05, 3.63) is 94.7 Å². The Kier molecular flexibility index (Phi) is 7.15. The summed E-state index contributed by atoms with van der Waals surface area (Å²) in [7, 11) is 0. The lowest BCUT2D eigenvalue weighted by Crippen LogP contribution is -2.38. The summed E-state index contributed by atoms with van der Waals surface area (Å²) in [5, 5.41) is 0. The maximum atomic E-state index is 13.7. The normalized spacial score (nSPS) is 16.7. The number of hydrogen-bond donors (Lipinski definition) is 0. The van der Waals surface area contributed by atoms with E-state index in [1.807, 2.05) is 24.3 Å². The van der Waals surface area contributed by atoms with Gasteiger partial charge in [0, 0.05) is 24.1 Å². The highest BCUT2D eigenvalue weighted by Gasteiger charge is 2.37. The Morgan fingerprint density at radius 2 is 1.76 bits per heavy atom. The molecule has 0 N–H and O–H groups in total. The van der Waals surface area contributed by atoms with Crippen molar-refractivity contribution >= 4 is 11.9 Å². The van der Waals surface area contributed by atoms with Crippen molar-refractivity contribution in [3.63, 3.8) is 0 Å². The first-order valence-electron chi connectivity index (χ1n) is 10.9. The molecule has 0 fully saturated rings. The van der Waals surface area contributed by atoms with Gasteiger partial charge in [-0.05, 0) is 41.2 Å². The Morgan fingerprint density at radius 1 is 1.15 bits per heavy atom.